The number of cyclic esters (lactones) is 1. The summed E-state index contributed by atoms with van der Waals surface area (Å²) in [7, 11) is 3.61. The Kier molecular flexibility index (Phi) is 7.93. The van der Waals surface area contributed by atoms with Gasteiger partial charge in [0, 0.05) is 39.3 Å². The summed E-state index contributed by atoms with van der Waals surface area (Å²) in [6, 6.07) is 0. The van der Waals surface area contributed by atoms with E-state index in [1.807, 2.05) is 4.90 Å². The Bertz CT molecular complexity index is 516. The maximum atomic E-state index is 12.2. The van der Waals surface area contributed by atoms with E-state index in [-0.39, 0.29) is 18.2 Å². The highest BCUT2D eigenvalue weighted by atomic mass is 16.6. The van der Waals surface area contributed by atoms with Crippen LogP contribution in [0.15, 0.2) is 0 Å². The molecule has 0 spiro atoms. The first-order chi connectivity index (χ1) is 13.5. The van der Waals surface area contributed by atoms with Gasteiger partial charge in [0.25, 0.3) is 0 Å². The molecule has 8 nitrogen and oxygen atoms in total. The highest BCUT2D eigenvalue weighted by molar-refractivity contribution is 5.71. The van der Waals surface area contributed by atoms with Gasteiger partial charge in [-0.2, -0.15) is 0 Å². The van der Waals surface area contributed by atoms with Gasteiger partial charge in [-0.05, 0) is 51.7 Å². The first-order valence-corrected chi connectivity index (χ1v) is 10.7. The van der Waals surface area contributed by atoms with E-state index in [9.17, 15) is 9.59 Å². The van der Waals surface area contributed by atoms with Gasteiger partial charge < -0.3 is 19.3 Å². The lowest BCUT2D eigenvalue weighted by Crippen LogP contribution is -2.50. The number of hydrogen-bond donors (Lipinski definition) is 0. The molecule has 3 aliphatic heterocycles. The van der Waals surface area contributed by atoms with E-state index in [4.69, 9.17) is 9.47 Å². The van der Waals surface area contributed by atoms with Crippen LogP contribution in [0.2, 0.25) is 0 Å². The molecule has 1 amide bonds. The second kappa shape index (κ2) is 10.4. The zero-order valence-electron chi connectivity index (χ0n) is 17.5. The molecule has 160 valence electrons. The van der Waals surface area contributed by atoms with E-state index in [0.29, 0.717) is 13.1 Å². The molecule has 0 aromatic carbocycles. The van der Waals surface area contributed by atoms with Crippen LogP contribution in [0.1, 0.15) is 25.7 Å². The van der Waals surface area contributed by atoms with Crippen LogP contribution >= 0.6 is 0 Å². The molecular formula is C20H36N4O4. The van der Waals surface area contributed by atoms with Gasteiger partial charge in [-0.25, -0.2) is 4.79 Å². The smallest absolute Gasteiger partial charge is 0.410 e. The van der Waals surface area contributed by atoms with Crippen molar-refractivity contribution in [3.05, 3.63) is 0 Å². The predicted octanol–water partition coefficient (Wildman–Crippen LogP) is 0.720. The van der Waals surface area contributed by atoms with Crippen LogP contribution in [0.5, 0.6) is 0 Å². The summed E-state index contributed by atoms with van der Waals surface area (Å²) >= 11 is 0. The van der Waals surface area contributed by atoms with Gasteiger partial charge in [0.15, 0.2) is 0 Å². The summed E-state index contributed by atoms with van der Waals surface area (Å²) in [5, 5.41) is 0. The molecule has 28 heavy (non-hydrogen) atoms. The van der Waals surface area contributed by atoms with Crippen LogP contribution < -0.4 is 0 Å². The van der Waals surface area contributed by atoms with Crippen LogP contribution in [0.3, 0.4) is 0 Å². The van der Waals surface area contributed by atoms with E-state index in [1.165, 1.54) is 39.5 Å². The van der Waals surface area contributed by atoms with Crippen LogP contribution in [-0.2, 0) is 14.3 Å². The minimum Gasteiger partial charge on any atom is -0.468 e. The predicted molar refractivity (Wildman–Crippen MR) is 106 cm³/mol. The number of likely N-dealkylation sites (tertiary alicyclic amines) is 1. The second-order valence-electron chi connectivity index (χ2n) is 8.49. The first kappa shape index (κ1) is 21.3. The minimum atomic E-state index is -0.186. The first-order valence-electron chi connectivity index (χ1n) is 10.7. The Hall–Kier alpha value is -1.38. The summed E-state index contributed by atoms with van der Waals surface area (Å²) < 4.78 is 10.3. The molecule has 0 saturated carbocycles. The number of carbonyl (C=O) groups is 2. The average Bonchev–Trinajstić information content (AvgIpc) is 3.04. The molecule has 0 N–H and O–H groups in total. The molecule has 1 atom stereocenters. The topological polar surface area (TPSA) is 65.6 Å². The fourth-order valence-corrected chi connectivity index (χ4v) is 4.44. The van der Waals surface area contributed by atoms with E-state index in [0.717, 1.165) is 51.6 Å². The van der Waals surface area contributed by atoms with Crippen molar-refractivity contribution in [2.75, 3.05) is 79.6 Å². The second-order valence-corrected chi connectivity index (χ2v) is 8.49. The van der Waals surface area contributed by atoms with Crippen molar-refractivity contribution in [3.8, 4) is 0 Å². The Morgan fingerprint density at radius 1 is 1.11 bits per heavy atom. The van der Waals surface area contributed by atoms with E-state index in [1.54, 1.807) is 0 Å². The summed E-state index contributed by atoms with van der Waals surface area (Å²) in [4.78, 5) is 32.3. The lowest BCUT2D eigenvalue weighted by atomic mass is 9.92. The lowest BCUT2D eigenvalue weighted by Gasteiger charge is -2.34. The number of nitrogens with zero attached hydrogens (tertiary/aromatic N) is 4. The van der Waals surface area contributed by atoms with Gasteiger partial charge in [0.2, 0.25) is 0 Å². The molecule has 0 aromatic heterocycles. The number of piperazine rings is 1. The number of amides is 1. The molecule has 3 aliphatic rings. The van der Waals surface area contributed by atoms with Crippen molar-refractivity contribution in [2.24, 2.45) is 5.92 Å². The average molecular weight is 397 g/mol. The molecule has 3 saturated heterocycles. The Morgan fingerprint density at radius 3 is 2.46 bits per heavy atom. The van der Waals surface area contributed by atoms with E-state index in [2.05, 4.69) is 21.7 Å². The third-order valence-electron chi connectivity index (χ3n) is 6.34. The monoisotopic (exact) mass is 396 g/mol. The zero-order chi connectivity index (χ0) is 19.9. The number of methoxy groups -OCH3 is 1. The van der Waals surface area contributed by atoms with Crippen molar-refractivity contribution in [2.45, 2.75) is 31.8 Å². The number of hydrogen-bond acceptors (Lipinski definition) is 7. The molecule has 0 aliphatic carbocycles. The largest absolute Gasteiger partial charge is 0.468 e. The van der Waals surface area contributed by atoms with Gasteiger partial charge >= 0.3 is 12.1 Å². The summed E-state index contributed by atoms with van der Waals surface area (Å²) in [5.74, 6) is 0.626. The lowest BCUT2D eigenvalue weighted by molar-refractivity contribution is -0.142. The number of esters is 1. The third kappa shape index (κ3) is 6.32. The number of carbonyl (C=O) groups excluding carboxylic acids is 2. The van der Waals surface area contributed by atoms with Gasteiger partial charge in [0.1, 0.15) is 6.10 Å². The van der Waals surface area contributed by atoms with Crippen molar-refractivity contribution in [3.63, 3.8) is 0 Å². The summed E-state index contributed by atoms with van der Waals surface area (Å²) in [6.07, 6.45) is 4.66. The Balaban J connectivity index is 1.31. The zero-order valence-corrected chi connectivity index (χ0v) is 17.5. The molecule has 0 radical (unpaired) electrons. The van der Waals surface area contributed by atoms with E-state index >= 15 is 0 Å². The summed E-state index contributed by atoms with van der Waals surface area (Å²) in [5.41, 5.74) is 0. The Morgan fingerprint density at radius 2 is 1.79 bits per heavy atom. The van der Waals surface area contributed by atoms with Gasteiger partial charge in [-0.15, -0.1) is 0 Å². The third-order valence-corrected chi connectivity index (χ3v) is 6.34. The molecule has 3 rings (SSSR count). The molecule has 1 unspecified atom stereocenters. The molecule has 3 fully saturated rings. The standard InChI is InChI=1S/C20H36N4O4/c1-21-8-5-17(6-9-21)4-3-7-24-15-18(28-20(24)26)14-22-10-12-23(13-11-22)16-19(25)27-2/h17-18H,3-16H2,1-2H3. The van der Waals surface area contributed by atoms with Crippen LogP contribution in [0.25, 0.3) is 0 Å². The number of rotatable bonds is 8. The number of ether oxygens (including phenoxy) is 2. The highest BCUT2D eigenvalue weighted by Crippen LogP contribution is 2.22. The van der Waals surface area contributed by atoms with E-state index < -0.39 is 0 Å². The van der Waals surface area contributed by atoms with Crippen LogP contribution in [0.4, 0.5) is 4.79 Å². The quantitative estimate of drug-likeness (QED) is 0.560. The summed E-state index contributed by atoms with van der Waals surface area (Å²) in [6.45, 7) is 8.52. The van der Waals surface area contributed by atoms with Crippen molar-refractivity contribution < 1.29 is 19.1 Å². The number of piperidine rings is 1. The van der Waals surface area contributed by atoms with Crippen LogP contribution in [-0.4, -0.2) is 117 Å². The van der Waals surface area contributed by atoms with Crippen molar-refractivity contribution in [1.29, 1.82) is 0 Å². The molecule has 8 heteroatoms. The molecule has 0 aromatic rings. The van der Waals surface area contributed by atoms with Crippen molar-refractivity contribution >= 4 is 12.1 Å². The molecule has 3 heterocycles. The maximum Gasteiger partial charge on any atom is 0.410 e. The Labute approximate surface area is 168 Å². The highest BCUT2D eigenvalue weighted by Gasteiger charge is 2.33. The van der Waals surface area contributed by atoms with Gasteiger partial charge in [-0.3, -0.25) is 14.6 Å². The van der Waals surface area contributed by atoms with Crippen LogP contribution in [0, 0.1) is 5.92 Å². The SMILES string of the molecule is COC(=O)CN1CCN(CC2CN(CCCC3CCN(C)CC3)C(=O)O2)CC1. The normalized spacial score (nSPS) is 25.9. The fourth-order valence-electron chi connectivity index (χ4n) is 4.44. The minimum absolute atomic E-state index is 0.0389. The van der Waals surface area contributed by atoms with Gasteiger partial charge in [-0.1, -0.05) is 0 Å². The maximum absolute atomic E-state index is 12.2. The molecular weight excluding hydrogens is 360 g/mol. The fraction of sp³-hybridized carbons (Fsp3) is 0.900. The molecule has 0 bridgehead atoms. The van der Waals surface area contributed by atoms with Crippen molar-refractivity contribution in [1.82, 2.24) is 19.6 Å². The van der Waals surface area contributed by atoms with Gasteiger partial charge in [0.05, 0.1) is 20.2 Å².